The molecular weight excluding hydrogens is 290 g/mol. The van der Waals surface area contributed by atoms with Crippen molar-refractivity contribution in [2.75, 3.05) is 6.79 Å². The lowest BCUT2D eigenvalue weighted by atomic mass is 10.1. The lowest BCUT2D eigenvalue weighted by Crippen LogP contribution is -2.25. The largest absolute Gasteiger partial charge is 0.454 e. The highest BCUT2D eigenvalue weighted by Gasteiger charge is 2.22. The molecule has 0 saturated carbocycles. The summed E-state index contributed by atoms with van der Waals surface area (Å²) in [6, 6.07) is 14.0. The van der Waals surface area contributed by atoms with Gasteiger partial charge >= 0.3 is 0 Å². The summed E-state index contributed by atoms with van der Waals surface area (Å²) >= 11 is 0. The smallest absolute Gasteiger partial charge is 0.244 e. The second-order valence-electron chi connectivity index (χ2n) is 5.74. The van der Waals surface area contributed by atoms with Crippen LogP contribution in [0.25, 0.3) is 6.08 Å². The van der Waals surface area contributed by atoms with Gasteiger partial charge in [-0.05, 0) is 47.7 Å². The Hall–Kier alpha value is -2.75. The first-order valence-corrected chi connectivity index (χ1v) is 7.75. The Morgan fingerprint density at radius 2 is 2.00 bits per heavy atom. The Labute approximate surface area is 134 Å². The molecule has 4 nitrogen and oxygen atoms in total. The summed E-state index contributed by atoms with van der Waals surface area (Å²) in [5, 5.41) is 3.08. The Morgan fingerprint density at radius 1 is 1.13 bits per heavy atom. The number of hydrogen-bond acceptors (Lipinski definition) is 3. The molecule has 116 valence electrons. The summed E-state index contributed by atoms with van der Waals surface area (Å²) in [5.41, 5.74) is 3.48. The maximum atomic E-state index is 12.2. The van der Waals surface area contributed by atoms with Crippen LogP contribution in [0.5, 0.6) is 11.5 Å². The molecule has 1 unspecified atom stereocenters. The summed E-state index contributed by atoms with van der Waals surface area (Å²) in [6.07, 6.45) is 5.34. The van der Waals surface area contributed by atoms with Gasteiger partial charge in [-0.15, -0.1) is 0 Å². The van der Waals surface area contributed by atoms with Crippen LogP contribution in [0.3, 0.4) is 0 Å². The highest BCUT2D eigenvalue weighted by molar-refractivity contribution is 5.92. The van der Waals surface area contributed by atoms with Crippen LogP contribution in [-0.4, -0.2) is 12.7 Å². The quantitative estimate of drug-likeness (QED) is 0.886. The molecule has 4 rings (SSSR count). The molecule has 1 N–H and O–H groups in total. The van der Waals surface area contributed by atoms with Gasteiger partial charge in [-0.1, -0.05) is 30.3 Å². The van der Waals surface area contributed by atoms with Gasteiger partial charge in [-0.25, -0.2) is 0 Å². The monoisotopic (exact) mass is 307 g/mol. The number of hydrogen-bond donors (Lipinski definition) is 1. The summed E-state index contributed by atoms with van der Waals surface area (Å²) in [5.74, 6) is 1.39. The third kappa shape index (κ3) is 2.80. The van der Waals surface area contributed by atoms with E-state index in [1.165, 1.54) is 11.1 Å². The van der Waals surface area contributed by atoms with E-state index in [2.05, 4.69) is 17.4 Å². The maximum absolute atomic E-state index is 12.2. The second-order valence-corrected chi connectivity index (χ2v) is 5.74. The average Bonchev–Trinajstić information content (AvgIpc) is 3.20. The van der Waals surface area contributed by atoms with Crippen molar-refractivity contribution in [2.24, 2.45) is 0 Å². The second kappa shape index (κ2) is 5.80. The van der Waals surface area contributed by atoms with Crippen LogP contribution in [0.2, 0.25) is 0 Å². The number of carbonyl (C=O) groups excluding carboxylic acids is 1. The highest BCUT2D eigenvalue weighted by atomic mass is 16.7. The molecule has 1 aliphatic heterocycles. The zero-order valence-corrected chi connectivity index (χ0v) is 12.6. The van der Waals surface area contributed by atoms with Crippen LogP contribution in [0.15, 0.2) is 48.5 Å². The number of fused-ring (bicyclic) bond motifs is 2. The van der Waals surface area contributed by atoms with Crippen molar-refractivity contribution in [1.82, 2.24) is 5.32 Å². The van der Waals surface area contributed by atoms with E-state index in [1.807, 2.05) is 30.3 Å². The Balaban J connectivity index is 1.42. The number of nitrogens with one attached hydrogen (secondary N) is 1. The number of carbonyl (C=O) groups is 1. The van der Waals surface area contributed by atoms with E-state index < -0.39 is 0 Å². The molecule has 1 heterocycles. The van der Waals surface area contributed by atoms with Gasteiger partial charge in [0.25, 0.3) is 0 Å². The molecule has 0 aromatic heterocycles. The first-order valence-electron chi connectivity index (χ1n) is 7.75. The van der Waals surface area contributed by atoms with Gasteiger partial charge in [-0.2, -0.15) is 0 Å². The zero-order chi connectivity index (χ0) is 15.6. The molecule has 1 aliphatic carbocycles. The molecule has 4 heteroatoms. The van der Waals surface area contributed by atoms with Crippen molar-refractivity contribution in [3.8, 4) is 11.5 Å². The molecule has 0 radical (unpaired) electrons. The lowest BCUT2D eigenvalue weighted by molar-refractivity contribution is -0.117. The minimum atomic E-state index is -0.0793. The van der Waals surface area contributed by atoms with E-state index in [0.29, 0.717) is 0 Å². The minimum absolute atomic E-state index is 0.0793. The fourth-order valence-corrected chi connectivity index (χ4v) is 3.12. The van der Waals surface area contributed by atoms with Crippen molar-refractivity contribution < 1.29 is 14.3 Å². The topological polar surface area (TPSA) is 47.6 Å². The van der Waals surface area contributed by atoms with Gasteiger partial charge in [0.2, 0.25) is 12.7 Å². The molecule has 1 amide bonds. The summed E-state index contributed by atoms with van der Waals surface area (Å²) in [4.78, 5) is 12.2. The number of aryl methyl sites for hydroxylation is 1. The van der Waals surface area contributed by atoms with Crippen LogP contribution in [0.1, 0.15) is 29.2 Å². The third-order valence-electron chi connectivity index (χ3n) is 4.27. The summed E-state index contributed by atoms with van der Waals surface area (Å²) < 4.78 is 10.6. The van der Waals surface area contributed by atoms with Crippen LogP contribution in [0.4, 0.5) is 0 Å². The van der Waals surface area contributed by atoms with E-state index in [-0.39, 0.29) is 18.7 Å². The first kappa shape index (κ1) is 13.9. The molecule has 0 saturated heterocycles. The number of benzene rings is 2. The molecule has 23 heavy (non-hydrogen) atoms. The van der Waals surface area contributed by atoms with Gasteiger partial charge in [0.15, 0.2) is 11.5 Å². The standard InChI is InChI=1S/C19H17NO3/c21-19(20-16-8-7-14-3-1-2-4-15(14)16)10-6-13-5-9-17-18(11-13)23-12-22-17/h1-6,9-11,16H,7-8,12H2,(H,20,21)/b10-6+. The number of rotatable bonds is 3. The van der Waals surface area contributed by atoms with E-state index in [1.54, 1.807) is 12.2 Å². The minimum Gasteiger partial charge on any atom is -0.454 e. The van der Waals surface area contributed by atoms with E-state index >= 15 is 0 Å². The normalized spacial score (nSPS) is 18.2. The Kier molecular flexibility index (Phi) is 3.50. The van der Waals surface area contributed by atoms with Gasteiger partial charge in [0, 0.05) is 6.08 Å². The van der Waals surface area contributed by atoms with Crippen molar-refractivity contribution in [3.05, 3.63) is 65.2 Å². The van der Waals surface area contributed by atoms with Crippen LogP contribution < -0.4 is 14.8 Å². The predicted octanol–water partition coefficient (Wildman–Crippen LogP) is 3.23. The Morgan fingerprint density at radius 3 is 2.96 bits per heavy atom. The SMILES string of the molecule is O=C(/C=C/c1ccc2c(c1)OCO2)NC1CCc2ccccc21. The van der Waals surface area contributed by atoms with E-state index in [0.717, 1.165) is 29.9 Å². The molecule has 2 aliphatic rings. The zero-order valence-electron chi connectivity index (χ0n) is 12.6. The number of amides is 1. The van der Waals surface area contributed by atoms with E-state index in [4.69, 9.17) is 9.47 Å². The van der Waals surface area contributed by atoms with Crippen LogP contribution in [-0.2, 0) is 11.2 Å². The Bertz CT molecular complexity index is 782. The van der Waals surface area contributed by atoms with E-state index in [9.17, 15) is 4.79 Å². The fourth-order valence-electron chi connectivity index (χ4n) is 3.12. The molecule has 0 fully saturated rings. The highest BCUT2D eigenvalue weighted by Crippen LogP contribution is 2.33. The molecule has 0 spiro atoms. The molecule has 2 aromatic rings. The van der Waals surface area contributed by atoms with Crippen LogP contribution in [0, 0.1) is 0 Å². The fraction of sp³-hybridized carbons (Fsp3) is 0.211. The summed E-state index contributed by atoms with van der Waals surface area (Å²) in [7, 11) is 0. The predicted molar refractivity (Wildman–Crippen MR) is 87.2 cm³/mol. The first-order chi connectivity index (χ1) is 11.3. The summed E-state index contributed by atoms with van der Waals surface area (Å²) in [6.45, 7) is 0.254. The van der Waals surface area contributed by atoms with Crippen molar-refractivity contribution >= 4 is 12.0 Å². The van der Waals surface area contributed by atoms with Gasteiger partial charge in [0.1, 0.15) is 0 Å². The van der Waals surface area contributed by atoms with Crippen molar-refractivity contribution in [3.63, 3.8) is 0 Å². The molecule has 1 atom stereocenters. The molecular formula is C19H17NO3. The van der Waals surface area contributed by atoms with Crippen molar-refractivity contribution in [2.45, 2.75) is 18.9 Å². The van der Waals surface area contributed by atoms with Crippen LogP contribution >= 0.6 is 0 Å². The lowest BCUT2D eigenvalue weighted by Gasteiger charge is -2.12. The number of ether oxygens (including phenoxy) is 2. The molecule has 0 bridgehead atoms. The molecule has 2 aromatic carbocycles. The van der Waals surface area contributed by atoms with Gasteiger partial charge in [0.05, 0.1) is 6.04 Å². The van der Waals surface area contributed by atoms with Crippen molar-refractivity contribution in [1.29, 1.82) is 0 Å². The third-order valence-corrected chi connectivity index (χ3v) is 4.27. The van der Waals surface area contributed by atoms with Gasteiger partial charge < -0.3 is 14.8 Å². The maximum Gasteiger partial charge on any atom is 0.244 e. The average molecular weight is 307 g/mol. The van der Waals surface area contributed by atoms with Gasteiger partial charge in [-0.3, -0.25) is 4.79 Å².